The predicted molar refractivity (Wildman–Crippen MR) is 55.4 cm³/mol. The molecule has 3 heteroatoms. The lowest BCUT2D eigenvalue weighted by molar-refractivity contribution is 0.495. The lowest BCUT2D eigenvalue weighted by Crippen LogP contribution is -2.15. The molecule has 0 saturated heterocycles. The Hall–Kier alpha value is -0.960. The van der Waals surface area contributed by atoms with Gasteiger partial charge in [-0.25, -0.2) is 8.78 Å². The monoisotopic (exact) mass is 211 g/mol. The molecule has 1 nitrogen and oxygen atoms in total. The predicted octanol–water partition coefficient (Wildman–Crippen LogP) is 3.07. The molecule has 0 unspecified atom stereocenters. The van der Waals surface area contributed by atoms with Crippen molar-refractivity contribution in [3.05, 3.63) is 34.9 Å². The summed E-state index contributed by atoms with van der Waals surface area (Å²) in [5.74, 6) is -0.436. The van der Waals surface area contributed by atoms with Gasteiger partial charge in [0.15, 0.2) is 0 Å². The van der Waals surface area contributed by atoms with Crippen molar-refractivity contribution in [1.82, 2.24) is 0 Å². The normalized spacial score (nSPS) is 17.9. The zero-order valence-corrected chi connectivity index (χ0v) is 8.76. The Labute approximate surface area is 88.3 Å². The molecule has 15 heavy (non-hydrogen) atoms. The van der Waals surface area contributed by atoms with E-state index >= 15 is 0 Å². The van der Waals surface area contributed by atoms with Crippen LogP contribution in [-0.4, -0.2) is 0 Å². The molecular formula is C12H15F2N. The Kier molecular flexibility index (Phi) is 2.74. The van der Waals surface area contributed by atoms with Crippen LogP contribution in [0, 0.1) is 24.5 Å². The first kappa shape index (κ1) is 10.6. The second-order valence-corrected chi connectivity index (χ2v) is 4.38. The van der Waals surface area contributed by atoms with Crippen molar-refractivity contribution in [2.45, 2.75) is 32.2 Å². The van der Waals surface area contributed by atoms with Crippen molar-refractivity contribution in [2.24, 2.45) is 11.7 Å². The summed E-state index contributed by atoms with van der Waals surface area (Å²) in [6.45, 7) is 1.63. The van der Waals surface area contributed by atoms with Crippen LogP contribution >= 0.6 is 0 Å². The summed E-state index contributed by atoms with van der Waals surface area (Å²) in [6, 6.07) is 2.23. The standard InChI is InChI=1S/C12H15F2N/c1-7-2-5-9(13)11(12(7)14)10(15)6-8-3-4-8/h2,5,8,10H,3-4,6,15H2,1H3/t10-/m1/s1. The van der Waals surface area contributed by atoms with Crippen LogP contribution in [0.5, 0.6) is 0 Å². The molecule has 0 radical (unpaired) electrons. The van der Waals surface area contributed by atoms with E-state index in [1.807, 2.05) is 0 Å². The van der Waals surface area contributed by atoms with Gasteiger partial charge < -0.3 is 5.73 Å². The van der Waals surface area contributed by atoms with Gasteiger partial charge >= 0.3 is 0 Å². The summed E-state index contributed by atoms with van der Waals surface area (Å²) in [5.41, 5.74) is 6.34. The minimum atomic E-state index is -0.522. The van der Waals surface area contributed by atoms with Crippen LogP contribution in [0.15, 0.2) is 12.1 Å². The van der Waals surface area contributed by atoms with E-state index in [1.165, 1.54) is 12.1 Å². The molecule has 0 aliphatic heterocycles. The average molecular weight is 211 g/mol. The summed E-state index contributed by atoms with van der Waals surface area (Å²) in [4.78, 5) is 0. The number of nitrogens with two attached hydrogens (primary N) is 1. The third-order valence-electron chi connectivity index (χ3n) is 2.97. The lowest BCUT2D eigenvalue weighted by atomic mass is 9.99. The van der Waals surface area contributed by atoms with Crippen molar-refractivity contribution >= 4 is 0 Å². The summed E-state index contributed by atoms with van der Waals surface area (Å²) in [5, 5.41) is 0. The molecule has 0 aromatic heterocycles. The SMILES string of the molecule is Cc1ccc(F)c([C@H](N)CC2CC2)c1F. The molecule has 1 atom stereocenters. The first-order valence-electron chi connectivity index (χ1n) is 5.29. The number of rotatable bonds is 3. The fraction of sp³-hybridized carbons (Fsp3) is 0.500. The molecule has 1 saturated carbocycles. The molecule has 1 aliphatic carbocycles. The maximum absolute atomic E-state index is 13.7. The van der Waals surface area contributed by atoms with Crippen LogP contribution in [-0.2, 0) is 0 Å². The summed E-state index contributed by atoms with van der Waals surface area (Å²) < 4.78 is 27.1. The second kappa shape index (κ2) is 3.89. The Morgan fingerprint density at radius 2 is 2.07 bits per heavy atom. The summed E-state index contributed by atoms with van der Waals surface area (Å²) in [6.07, 6.45) is 2.98. The van der Waals surface area contributed by atoms with E-state index in [4.69, 9.17) is 5.73 Å². The molecule has 2 rings (SSSR count). The molecule has 0 bridgehead atoms. The third kappa shape index (κ3) is 2.17. The summed E-state index contributed by atoms with van der Waals surface area (Å²) in [7, 11) is 0. The van der Waals surface area contributed by atoms with E-state index in [-0.39, 0.29) is 5.56 Å². The van der Waals surface area contributed by atoms with Crippen molar-refractivity contribution in [3.63, 3.8) is 0 Å². The number of halogens is 2. The Morgan fingerprint density at radius 3 is 2.67 bits per heavy atom. The highest BCUT2D eigenvalue weighted by atomic mass is 19.1. The molecular weight excluding hydrogens is 196 g/mol. The van der Waals surface area contributed by atoms with Crippen LogP contribution in [0.1, 0.15) is 36.4 Å². The van der Waals surface area contributed by atoms with Gasteiger partial charge in [-0.05, 0) is 30.9 Å². The molecule has 1 aromatic rings. The van der Waals surface area contributed by atoms with E-state index in [1.54, 1.807) is 6.92 Å². The van der Waals surface area contributed by atoms with E-state index in [9.17, 15) is 8.78 Å². The molecule has 0 amide bonds. The minimum Gasteiger partial charge on any atom is -0.324 e. The van der Waals surface area contributed by atoms with Crippen LogP contribution in [0.25, 0.3) is 0 Å². The number of benzene rings is 1. The van der Waals surface area contributed by atoms with Crippen LogP contribution in [0.4, 0.5) is 8.78 Å². The second-order valence-electron chi connectivity index (χ2n) is 4.38. The Morgan fingerprint density at radius 1 is 1.40 bits per heavy atom. The van der Waals surface area contributed by atoms with Gasteiger partial charge in [0.2, 0.25) is 0 Å². The maximum atomic E-state index is 13.7. The van der Waals surface area contributed by atoms with E-state index in [2.05, 4.69) is 0 Å². The van der Waals surface area contributed by atoms with Gasteiger partial charge in [0.25, 0.3) is 0 Å². The average Bonchev–Trinajstić information content (AvgIpc) is 2.96. The number of hydrogen-bond acceptors (Lipinski definition) is 1. The molecule has 1 fully saturated rings. The molecule has 1 aromatic carbocycles. The Bertz CT molecular complexity index is 372. The zero-order chi connectivity index (χ0) is 11.0. The molecule has 82 valence electrons. The van der Waals surface area contributed by atoms with E-state index in [0.717, 1.165) is 12.8 Å². The zero-order valence-electron chi connectivity index (χ0n) is 8.76. The maximum Gasteiger partial charge on any atom is 0.133 e. The topological polar surface area (TPSA) is 26.0 Å². The molecule has 0 heterocycles. The smallest absolute Gasteiger partial charge is 0.133 e. The number of aryl methyl sites for hydroxylation is 1. The largest absolute Gasteiger partial charge is 0.324 e. The van der Waals surface area contributed by atoms with Crippen molar-refractivity contribution in [1.29, 1.82) is 0 Å². The van der Waals surface area contributed by atoms with Crippen LogP contribution < -0.4 is 5.73 Å². The van der Waals surface area contributed by atoms with Crippen molar-refractivity contribution in [3.8, 4) is 0 Å². The van der Waals surface area contributed by atoms with Gasteiger partial charge in [-0.2, -0.15) is 0 Å². The minimum absolute atomic E-state index is 0.0573. The van der Waals surface area contributed by atoms with E-state index < -0.39 is 17.7 Å². The first-order valence-corrected chi connectivity index (χ1v) is 5.29. The van der Waals surface area contributed by atoms with Crippen molar-refractivity contribution in [2.75, 3.05) is 0 Å². The quantitative estimate of drug-likeness (QED) is 0.817. The number of hydrogen-bond donors (Lipinski definition) is 1. The Balaban J connectivity index is 2.27. The highest BCUT2D eigenvalue weighted by molar-refractivity contribution is 5.29. The summed E-state index contributed by atoms with van der Waals surface area (Å²) >= 11 is 0. The van der Waals surface area contributed by atoms with Gasteiger partial charge in [0.1, 0.15) is 11.6 Å². The molecule has 2 N–H and O–H groups in total. The van der Waals surface area contributed by atoms with Gasteiger partial charge in [-0.3, -0.25) is 0 Å². The van der Waals surface area contributed by atoms with Gasteiger partial charge in [0, 0.05) is 11.6 Å². The molecule has 0 spiro atoms. The fourth-order valence-electron chi connectivity index (χ4n) is 1.85. The van der Waals surface area contributed by atoms with Gasteiger partial charge in [-0.15, -0.1) is 0 Å². The van der Waals surface area contributed by atoms with Gasteiger partial charge in [-0.1, -0.05) is 18.9 Å². The highest BCUT2D eigenvalue weighted by Crippen LogP contribution is 2.37. The van der Waals surface area contributed by atoms with E-state index in [0.29, 0.717) is 17.9 Å². The fourth-order valence-corrected chi connectivity index (χ4v) is 1.85. The third-order valence-corrected chi connectivity index (χ3v) is 2.97. The van der Waals surface area contributed by atoms with Crippen LogP contribution in [0.3, 0.4) is 0 Å². The first-order chi connectivity index (χ1) is 7.09. The molecule has 1 aliphatic rings. The van der Waals surface area contributed by atoms with Gasteiger partial charge in [0.05, 0.1) is 0 Å². The highest BCUT2D eigenvalue weighted by Gasteiger charge is 2.27. The lowest BCUT2D eigenvalue weighted by Gasteiger charge is -2.14. The van der Waals surface area contributed by atoms with Crippen LogP contribution in [0.2, 0.25) is 0 Å². The van der Waals surface area contributed by atoms with Crippen molar-refractivity contribution < 1.29 is 8.78 Å².